The first kappa shape index (κ1) is 12.6. The van der Waals surface area contributed by atoms with Crippen molar-refractivity contribution in [1.82, 2.24) is 4.98 Å². The summed E-state index contributed by atoms with van der Waals surface area (Å²) in [6.07, 6.45) is 5.29. The zero-order chi connectivity index (χ0) is 12.6. The summed E-state index contributed by atoms with van der Waals surface area (Å²) in [5, 5.41) is 0. The molecular formula is C15H18N2O. The van der Waals surface area contributed by atoms with Crippen LogP contribution >= 0.6 is 0 Å². The molecule has 1 atom stereocenters. The lowest BCUT2D eigenvalue weighted by atomic mass is 10.1. The zero-order valence-corrected chi connectivity index (χ0v) is 10.3. The third kappa shape index (κ3) is 4.18. The molecule has 0 bridgehead atoms. The largest absolute Gasteiger partial charge is 0.494 e. The Labute approximate surface area is 108 Å². The first-order chi connectivity index (χ1) is 8.84. The molecule has 3 nitrogen and oxygen atoms in total. The van der Waals surface area contributed by atoms with Crippen LogP contribution in [-0.2, 0) is 6.42 Å². The molecule has 1 heterocycles. The van der Waals surface area contributed by atoms with Gasteiger partial charge < -0.3 is 10.5 Å². The van der Waals surface area contributed by atoms with Crippen molar-refractivity contribution >= 4 is 0 Å². The maximum atomic E-state index is 6.07. The van der Waals surface area contributed by atoms with Crippen molar-refractivity contribution < 1.29 is 4.74 Å². The summed E-state index contributed by atoms with van der Waals surface area (Å²) in [5.74, 6) is 0.897. The van der Waals surface area contributed by atoms with Gasteiger partial charge in [-0.3, -0.25) is 4.98 Å². The summed E-state index contributed by atoms with van der Waals surface area (Å²) in [6.45, 7) is 0.649. The maximum absolute atomic E-state index is 6.07. The lowest BCUT2D eigenvalue weighted by Gasteiger charge is -2.12. The molecule has 2 rings (SSSR count). The molecule has 0 amide bonds. The summed E-state index contributed by atoms with van der Waals surface area (Å²) < 4.78 is 5.62. The van der Waals surface area contributed by atoms with E-state index in [0.29, 0.717) is 6.61 Å². The van der Waals surface area contributed by atoms with Crippen molar-refractivity contribution in [3.8, 4) is 5.75 Å². The van der Waals surface area contributed by atoms with Gasteiger partial charge in [0.1, 0.15) is 5.75 Å². The fourth-order valence-electron chi connectivity index (χ4n) is 1.77. The van der Waals surface area contributed by atoms with Gasteiger partial charge in [-0.25, -0.2) is 0 Å². The van der Waals surface area contributed by atoms with Gasteiger partial charge in [-0.05, 0) is 42.7 Å². The van der Waals surface area contributed by atoms with Crippen molar-refractivity contribution in [2.75, 3.05) is 6.61 Å². The number of nitrogens with zero attached hydrogens (tertiary/aromatic N) is 1. The van der Waals surface area contributed by atoms with Gasteiger partial charge in [-0.1, -0.05) is 18.2 Å². The third-order valence-corrected chi connectivity index (χ3v) is 2.75. The van der Waals surface area contributed by atoms with Crippen LogP contribution in [-0.4, -0.2) is 17.6 Å². The third-order valence-electron chi connectivity index (χ3n) is 2.75. The van der Waals surface area contributed by atoms with Crippen LogP contribution in [0.3, 0.4) is 0 Å². The van der Waals surface area contributed by atoms with Crippen LogP contribution in [0.15, 0.2) is 54.9 Å². The number of ether oxygens (including phenoxy) is 1. The summed E-state index contributed by atoms with van der Waals surface area (Å²) in [7, 11) is 0. The van der Waals surface area contributed by atoms with Crippen LogP contribution in [0, 0.1) is 0 Å². The van der Waals surface area contributed by atoms with E-state index in [1.807, 2.05) is 42.5 Å². The van der Waals surface area contributed by atoms with Crippen molar-refractivity contribution in [3.05, 3.63) is 60.4 Å². The molecule has 94 valence electrons. The van der Waals surface area contributed by atoms with Gasteiger partial charge in [0, 0.05) is 18.4 Å². The van der Waals surface area contributed by atoms with E-state index in [9.17, 15) is 0 Å². The predicted octanol–water partition coefficient (Wildman–Crippen LogP) is 2.42. The quantitative estimate of drug-likeness (QED) is 0.846. The number of pyridine rings is 1. The number of hydrogen-bond acceptors (Lipinski definition) is 3. The second-order valence-corrected chi connectivity index (χ2v) is 4.27. The van der Waals surface area contributed by atoms with Crippen molar-refractivity contribution in [2.45, 2.75) is 18.9 Å². The van der Waals surface area contributed by atoms with Crippen molar-refractivity contribution in [2.24, 2.45) is 5.73 Å². The Morgan fingerprint density at radius 3 is 2.50 bits per heavy atom. The summed E-state index contributed by atoms with van der Waals surface area (Å²) in [4.78, 5) is 3.99. The fourth-order valence-corrected chi connectivity index (χ4v) is 1.77. The summed E-state index contributed by atoms with van der Waals surface area (Å²) in [5.41, 5.74) is 7.29. The summed E-state index contributed by atoms with van der Waals surface area (Å²) in [6, 6.07) is 13.9. The van der Waals surface area contributed by atoms with Crippen LogP contribution in [0.5, 0.6) is 5.75 Å². The SMILES string of the molecule is NC(CCOc1ccccc1)Cc1ccncc1. The molecule has 0 aliphatic heterocycles. The van der Waals surface area contributed by atoms with E-state index in [4.69, 9.17) is 10.5 Å². The van der Waals surface area contributed by atoms with Crippen LogP contribution in [0.25, 0.3) is 0 Å². The van der Waals surface area contributed by atoms with Crippen molar-refractivity contribution in [1.29, 1.82) is 0 Å². The molecule has 0 saturated heterocycles. The van der Waals surface area contributed by atoms with E-state index in [1.54, 1.807) is 12.4 Å². The predicted molar refractivity (Wildman–Crippen MR) is 72.5 cm³/mol. The minimum absolute atomic E-state index is 0.121. The van der Waals surface area contributed by atoms with E-state index in [2.05, 4.69) is 4.98 Å². The molecule has 1 unspecified atom stereocenters. The molecule has 1 aromatic carbocycles. The number of benzene rings is 1. The Morgan fingerprint density at radius 2 is 1.78 bits per heavy atom. The van der Waals surface area contributed by atoms with Crippen LogP contribution in [0.1, 0.15) is 12.0 Å². The maximum Gasteiger partial charge on any atom is 0.119 e. The molecule has 0 radical (unpaired) electrons. The molecule has 2 N–H and O–H groups in total. The van der Waals surface area contributed by atoms with E-state index in [1.165, 1.54) is 5.56 Å². The average Bonchev–Trinajstić information content (AvgIpc) is 2.41. The van der Waals surface area contributed by atoms with Crippen LogP contribution < -0.4 is 10.5 Å². The molecule has 2 aromatic rings. The van der Waals surface area contributed by atoms with Gasteiger partial charge in [0.05, 0.1) is 6.61 Å². The first-order valence-electron chi connectivity index (χ1n) is 6.17. The average molecular weight is 242 g/mol. The van der Waals surface area contributed by atoms with Gasteiger partial charge in [0.2, 0.25) is 0 Å². The molecule has 0 fully saturated rings. The zero-order valence-electron chi connectivity index (χ0n) is 10.3. The normalized spacial score (nSPS) is 12.1. The number of nitrogens with two attached hydrogens (primary N) is 1. The lowest BCUT2D eigenvalue weighted by molar-refractivity contribution is 0.297. The van der Waals surface area contributed by atoms with Gasteiger partial charge in [-0.2, -0.15) is 0 Å². The van der Waals surface area contributed by atoms with E-state index in [0.717, 1.165) is 18.6 Å². The number of rotatable bonds is 6. The highest BCUT2D eigenvalue weighted by atomic mass is 16.5. The number of aromatic nitrogens is 1. The molecule has 1 aromatic heterocycles. The number of hydrogen-bond donors (Lipinski definition) is 1. The van der Waals surface area contributed by atoms with Crippen LogP contribution in [0.4, 0.5) is 0 Å². The lowest BCUT2D eigenvalue weighted by Crippen LogP contribution is -2.25. The Bertz CT molecular complexity index is 445. The van der Waals surface area contributed by atoms with E-state index in [-0.39, 0.29) is 6.04 Å². The summed E-state index contributed by atoms with van der Waals surface area (Å²) >= 11 is 0. The van der Waals surface area contributed by atoms with E-state index < -0.39 is 0 Å². The van der Waals surface area contributed by atoms with E-state index >= 15 is 0 Å². The molecule has 0 aliphatic carbocycles. The van der Waals surface area contributed by atoms with Gasteiger partial charge in [-0.15, -0.1) is 0 Å². The molecular weight excluding hydrogens is 224 g/mol. The van der Waals surface area contributed by atoms with Crippen molar-refractivity contribution in [3.63, 3.8) is 0 Å². The molecule has 0 spiro atoms. The molecule has 18 heavy (non-hydrogen) atoms. The van der Waals surface area contributed by atoms with Crippen LogP contribution in [0.2, 0.25) is 0 Å². The molecule has 3 heteroatoms. The minimum Gasteiger partial charge on any atom is -0.494 e. The Morgan fingerprint density at radius 1 is 1.06 bits per heavy atom. The van der Waals surface area contributed by atoms with Gasteiger partial charge in [0.15, 0.2) is 0 Å². The van der Waals surface area contributed by atoms with Gasteiger partial charge >= 0.3 is 0 Å². The Hall–Kier alpha value is -1.87. The first-order valence-corrected chi connectivity index (χ1v) is 6.17. The monoisotopic (exact) mass is 242 g/mol. The molecule has 0 aliphatic rings. The Balaban J connectivity index is 1.71. The number of para-hydroxylation sites is 1. The second-order valence-electron chi connectivity index (χ2n) is 4.27. The topological polar surface area (TPSA) is 48.1 Å². The minimum atomic E-state index is 0.121. The highest BCUT2D eigenvalue weighted by Gasteiger charge is 2.04. The fraction of sp³-hybridized carbons (Fsp3) is 0.267. The highest BCUT2D eigenvalue weighted by Crippen LogP contribution is 2.09. The van der Waals surface area contributed by atoms with Gasteiger partial charge in [0.25, 0.3) is 0 Å². The standard InChI is InChI=1S/C15H18N2O/c16-14(12-13-6-9-17-10-7-13)8-11-18-15-4-2-1-3-5-15/h1-7,9-10,14H,8,11-12,16H2. The smallest absolute Gasteiger partial charge is 0.119 e. The second kappa shape index (κ2) is 6.77. The molecule has 0 saturated carbocycles. The highest BCUT2D eigenvalue weighted by molar-refractivity contribution is 5.20. The Kier molecular flexibility index (Phi) is 4.73.